The molecule has 0 aromatic heterocycles. The van der Waals surface area contributed by atoms with Gasteiger partial charge in [-0.05, 0) is 44.6 Å². The predicted octanol–water partition coefficient (Wildman–Crippen LogP) is 1.92. The molecule has 6 heteroatoms. The van der Waals surface area contributed by atoms with Crippen LogP contribution in [-0.4, -0.2) is 52.0 Å². The summed E-state index contributed by atoms with van der Waals surface area (Å²) in [4.78, 5) is 12.7. The fraction of sp³-hybridized carbons (Fsp3) is 0.667. The first kappa shape index (κ1) is 20.1. The number of aryl methyl sites for hydroxylation is 1. The Labute approximate surface area is 161 Å². The number of methoxy groups -OCH3 is 1. The lowest BCUT2D eigenvalue weighted by molar-refractivity contribution is -0.124. The molecule has 1 amide bonds. The second kappa shape index (κ2) is 9.04. The number of amides is 1. The van der Waals surface area contributed by atoms with Crippen molar-refractivity contribution in [2.45, 2.75) is 44.1 Å². The number of carbonyl (C=O) groups excluding carboxylic acids is 1. The molecule has 2 saturated heterocycles. The van der Waals surface area contributed by atoms with Crippen LogP contribution in [0.4, 0.5) is 0 Å². The van der Waals surface area contributed by atoms with Gasteiger partial charge in [-0.15, -0.1) is 0 Å². The normalized spacial score (nSPS) is 21.4. The van der Waals surface area contributed by atoms with Crippen LogP contribution in [-0.2, 0) is 19.7 Å². The maximum atomic E-state index is 12.7. The molecule has 150 valence electrons. The van der Waals surface area contributed by atoms with Crippen molar-refractivity contribution in [3.63, 3.8) is 0 Å². The van der Waals surface area contributed by atoms with Crippen molar-refractivity contribution >= 4 is 5.91 Å². The summed E-state index contributed by atoms with van der Waals surface area (Å²) in [6.07, 6.45) is 3.39. The van der Waals surface area contributed by atoms with Gasteiger partial charge in [0.05, 0.1) is 13.2 Å². The number of hydrogen-bond acceptors (Lipinski definition) is 5. The van der Waals surface area contributed by atoms with Gasteiger partial charge < -0.3 is 25.3 Å². The summed E-state index contributed by atoms with van der Waals surface area (Å²) in [7, 11) is 1.70. The third-order valence-electron chi connectivity index (χ3n) is 6.05. The number of benzene rings is 1. The zero-order valence-corrected chi connectivity index (χ0v) is 16.5. The highest BCUT2D eigenvalue weighted by molar-refractivity contribution is 5.82. The first-order valence-electron chi connectivity index (χ1n) is 9.90. The number of ether oxygens (including phenoxy) is 3. The molecule has 2 fully saturated rings. The Morgan fingerprint density at radius 2 is 1.93 bits per heavy atom. The Bertz CT molecular complexity index is 637. The zero-order valence-electron chi connectivity index (χ0n) is 16.5. The predicted molar refractivity (Wildman–Crippen MR) is 104 cm³/mol. The molecule has 3 N–H and O–H groups in total. The summed E-state index contributed by atoms with van der Waals surface area (Å²) in [5.74, 6) is 0.989. The van der Waals surface area contributed by atoms with E-state index in [0.29, 0.717) is 33.0 Å². The van der Waals surface area contributed by atoms with Crippen molar-refractivity contribution in [1.82, 2.24) is 5.32 Å². The fourth-order valence-electron chi connectivity index (χ4n) is 4.20. The van der Waals surface area contributed by atoms with Crippen molar-refractivity contribution in [1.29, 1.82) is 0 Å². The Balaban J connectivity index is 1.75. The molecule has 6 nitrogen and oxygen atoms in total. The molecular weight excluding hydrogens is 344 g/mol. The lowest BCUT2D eigenvalue weighted by Crippen LogP contribution is -2.51. The van der Waals surface area contributed by atoms with Crippen LogP contribution in [0.5, 0.6) is 5.75 Å². The van der Waals surface area contributed by atoms with E-state index in [4.69, 9.17) is 19.9 Å². The van der Waals surface area contributed by atoms with Crippen LogP contribution >= 0.6 is 0 Å². The average Bonchev–Trinajstić information content (AvgIpc) is 2.72. The number of carbonyl (C=O) groups is 1. The molecule has 27 heavy (non-hydrogen) atoms. The minimum absolute atomic E-state index is 0.0700. The number of nitrogens with one attached hydrogen (secondary N) is 1. The highest BCUT2D eigenvalue weighted by atomic mass is 16.5. The molecule has 2 aliphatic heterocycles. The fourth-order valence-corrected chi connectivity index (χ4v) is 4.20. The standard InChI is InChI=1S/C21H32N2O4/c1-15-3-4-18(25-2)17(13-15)21(7-11-27-12-8-21)14-23-20(24)19(22)16-5-9-26-10-6-16/h3-4,13,16,19H,5-12,14,22H2,1-2H3,(H,23,24). The Hall–Kier alpha value is -1.63. The summed E-state index contributed by atoms with van der Waals surface area (Å²) in [6.45, 7) is 5.36. The molecule has 2 heterocycles. The summed E-state index contributed by atoms with van der Waals surface area (Å²) in [5.41, 5.74) is 8.39. The summed E-state index contributed by atoms with van der Waals surface area (Å²) >= 11 is 0. The lowest BCUT2D eigenvalue weighted by Gasteiger charge is -2.39. The molecule has 1 atom stereocenters. The van der Waals surface area contributed by atoms with Gasteiger partial charge in [-0.2, -0.15) is 0 Å². The van der Waals surface area contributed by atoms with E-state index in [1.807, 2.05) is 6.07 Å². The smallest absolute Gasteiger partial charge is 0.237 e. The third kappa shape index (κ3) is 4.62. The lowest BCUT2D eigenvalue weighted by atomic mass is 9.73. The summed E-state index contributed by atoms with van der Waals surface area (Å²) < 4.78 is 16.6. The molecule has 1 aromatic carbocycles. The number of nitrogens with two attached hydrogens (primary N) is 1. The highest BCUT2D eigenvalue weighted by Crippen LogP contribution is 2.40. The molecule has 0 saturated carbocycles. The van der Waals surface area contributed by atoms with E-state index in [-0.39, 0.29) is 17.2 Å². The molecule has 2 aliphatic rings. The van der Waals surface area contributed by atoms with Gasteiger partial charge in [0.15, 0.2) is 0 Å². The molecule has 0 aliphatic carbocycles. The van der Waals surface area contributed by atoms with Gasteiger partial charge in [-0.3, -0.25) is 4.79 Å². The van der Waals surface area contributed by atoms with E-state index >= 15 is 0 Å². The van der Waals surface area contributed by atoms with E-state index < -0.39 is 6.04 Å². The summed E-state index contributed by atoms with van der Waals surface area (Å²) in [5, 5.41) is 3.14. The van der Waals surface area contributed by atoms with E-state index in [2.05, 4.69) is 24.4 Å². The highest BCUT2D eigenvalue weighted by Gasteiger charge is 2.38. The molecule has 3 rings (SSSR count). The molecule has 0 radical (unpaired) electrons. The Kier molecular flexibility index (Phi) is 6.73. The van der Waals surface area contributed by atoms with Crippen LogP contribution in [0.25, 0.3) is 0 Å². The van der Waals surface area contributed by atoms with Gasteiger partial charge in [0.2, 0.25) is 5.91 Å². The van der Waals surface area contributed by atoms with Gasteiger partial charge in [0.1, 0.15) is 5.75 Å². The van der Waals surface area contributed by atoms with Gasteiger partial charge in [0, 0.05) is 44.0 Å². The number of rotatable bonds is 6. The van der Waals surface area contributed by atoms with Gasteiger partial charge in [-0.25, -0.2) is 0 Å². The van der Waals surface area contributed by atoms with Gasteiger partial charge in [-0.1, -0.05) is 17.7 Å². The quantitative estimate of drug-likeness (QED) is 0.793. The van der Waals surface area contributed by atoms with Crippen molar-refractivity contribution in [3.8, 4) is 5.75 Å². The van der Waals surface area contributed by atoms with Crippen molar-refractivity contribution in [2.24, 2.45) is 11.7 Å². The maximum Gasteiger partial charge on any atom is 0.237 e. The van der Waals surface area contributed by atoms with Crippen LogP contribution in [0.1, 0.15) is 36.8 Å². The van der Waals surface area contributed by atoms with Crippen molar-refractivity contribution in [2.75, 3.05) is 40.1 Å². The number of hydrogen-bond donors (Lipinski definition) is 2. The Morgan fingerprint density at radius 3 is 2.59 bits per heavy atom. The minimum Gasteiger partial charge on any atom is -0.496 e. The van der Waals surface area contributed by atoms with Crippen LogP contribution in [0, 0.1) is 12.8 Å². The minimum atomic E-state index is -0.481. The molecule has 1 aromatic rings. The van der Waals surface area contributed by atoms with E-state index in [1.54, 1.807) is 7.11 Å². The average molecular weight is 376 g/mol. The van der Waals surface area contributed by atoms with Crippen molar-refractivity contribution in [3.05, 3.63) is 29.3 Å². The second-order valence-electron chi connectivity index (χ2n) is 7.79. The van der Waals surface area contributed by atoms with Crippen LogP contribution in [0.3, 0.4) is 0 Å². The van der Waals surface area contributed by atoms with Gasteiger partial charge in [0.25, 0.3) is 0 Å². The molecule has 1 unspecified atom stereocenters. The van der Waals surface area contributed by atoms with Crippen LogP contribution < -0.4 is 15.8 Å². The second-order valence-corrected chi connectivity index (χ2v) is 7.79. The zero-order chi connectivity index (χ0) is 19.3. The molecule has 0 spiro atoms. The van der Waals surface area contributed by atoms with E-state index in [0.717, 1.165) is 37.0 Å². The maximum absolute atomic E-state index is 12.7. The van der Waals surface area contributed by atoms with Crippen LogP contribution in [0.2, 0.25) is 0 Å². The SMILES string of the molecule is COc1ccc(C)cc1C1(CNC(=O)C(N)C2CCOCC2)CCOCC1. The molecule has 0 bridgehead atoms. The Morgan fingerprint density at radius 1 is 1.26 bits per heavy atom. The third-order valence-corrected chi connectivity index (χ3v) is 6.05. The van der Waals surface area contributed by atoms with E-state index in [1.165, 1.54) is 5.56 Å². The largest absolute Gasteiger partial charge is 0.496 e. The molecular formula is C21H32N2O4. The van der Waals surface area contributed by atoms with Gasteiger partial charge >= 0.3 is 0 Å². The van der Waals surface area contributed by atoms with Crippen molar-refractivity contribution < 1.29 is 19.0 Å². The first-order valence-corrected chi connectivity index (χ1v) is 9.90. The monoisotopic (exact) mass is 376 g/mol. The first-order chi connectivity index (χ1) is 13.1. The van der Waals surface area contributed by atoms with Crippen LogP contribution in [0.15, 0.2) is 18.2 Å². The van der Waals surface area contributed by atoms with E-state index in [9.17, 15) is 4.79 Å². The summed E-state index contributed by atoms with van der Waals surface area (Å²) in [6, 6.07) is 5.76. The topological polar surface area (TPSA) is 82.8 Å².